The average molecular weight is 212 g/mol. The van der Waals surface area contributed by atoms with Crippen molar-refractivity contribution in [3.63, 3.8) is 0 Å². The smallest absolute Gasteiger partial charge is 0.297 e. The molecule has 1 saturated heterocycles. The van der Waals surface area contributed by atoms with Crippen molar-refractivity contribution in [1.82, 2.24) is 4.57 Å². The second kappa shape index (κ2) is 4.12. The van der Waals surface area contributed by atoms with Crippen LogP contribution in [-0.4, -0.2) is 24.2 Å². The van der Waals surface area contributed by atoms with Crippen LogP contribution >= 0.6 is 22.2 Å². The first-order valence-electron chi connectivity index (χ1n) is 4.18. The zero-order valence-electron chi connectivity index (χ0n) is 7.06. The van der Waals surface area contributed by atoms with Crippen molar-refractivity contribution < 1.29 is 0 Å². The van der Waals surface area contributed by atoms with Gasteiger partial charge in [-0.1, -0.05) is 20.3 Å². The number of hydrogen-bond acceptors (Lipinski definition) is 1. The molecule has 4 heteroatoms. The second-order valence-corrected chi connectivity index (χ2v) is 7.66. The van der Waals surface area contributed by atoms with E-state index in [1.165, 1.54) is 19.3 Å². The molecule has 2 atom stereocenters. The molecule has 0 spiro atoms. The maximum atomic E-state index is 5.98. The van der Waals surface area contributed by atoms with Crippen LogP contribution in [0.3, 0.4) is 0 Å². The number of rotatable bonds is 1. The summed E-state index contributed by atoms with van der Waals surface area (Å²) in [5.74, 6) is 0. The van der Waals surface area contributed by atoms with Crippen molar-refractivity contribution in [2.45, 2.75) is 45.2 Å². The Morgan fingerprint density at radius 1 is 1.18 bits per heavy atom. The zero-order chi connectivity index (χ0) is 8.43. The van der Waals surface area contributed by atoms with Gasteiger partial charge in [-0.2, -0.15) is 0 Å². The first kappa shape index (κ1) is 9.84. The Bertz CT molecular complexity index is 122. The van der Waals surface area contributed by atoms with Crippen LogP contribution in [0.2, 0.25) is 0 Å². The van der Waals surface area contributed by atoms with Crippen LogP contribution in [0.25, 0.3) is 0 Å². The predicted octanol–water partition coefficient (Wildman–Crippen LogP) is 2.44. The summed E-state index contributed by atoms with van der Waals surface area (Å²) in [6, 6.07) is 1.20. The first-order chi connectivity index (χ1) is 5.13. The third kappa shape index (κ3) is 2.34. The minimum Gasteiger partial charge on any atom is -0.297 e. The van der Waals surface area contributed by atoms with E-state index < -0.39 is 7.58 Å². The van der Waals surface area contributed by atoms with Crippen LogP contribution in [0.1, 0.15) is 33.1 Å². The average Bonchev–Trinajstić information content (AvgIpc) is 1.85. The van der Waals surface area contributed by atoms with Gasteiger partial charge in [-0.15, -0.1) is 22.2 Å². The van der Waals surface area contributed by atoms with Crippen molar-refractivity contribution >= 4 is 29.7 Å². The Morgan fingerprint density at radius 2 is 1.64 bits per heavy atom. The highest BCUT2D eigenvalue weighted by Crippen LogP contribution is 2.25. The third-order valence-corrected chi connectivity index (χ3v) is 5.31. The van der Waals surface area contributed by atoms with Gasteiger partial charge < -0.3 is 0 Å². The molecule has 1 rings (SSSR count). The van der Waals surface area contributed by atoms with Crippen LogP contribution < -0.4 is 0 Å². The summed E-state index contributed by atoms with van der Waals surface area (Å²) in [6.45, 7) is 4.45. The predicted molar refractivity (Wildman–Crippen MR) is 53.5 cm³/mol. The van der Waals surface area contributed by atoms with Crippen molar-refractivity contribution in [2.24, 2.45) is 0 Å². The normalized spacial score (nSPS) is 34.6. The highest BCUT2D eigenvalue weighted by molar-refractivity contribution is 7.32. The summed E-state index contributed by atoms with van der Waals surface area (Å²) >= 11 is 12.0. The lowest BCUT2D eigenvalue weighted by atomic mass is 10.0. The lowest BCUT2D eigenvalue weighted by Crippen LogP contribution is -2.48. The molecule has 0 aliphatic carbocycles. The van der Waals surface area contributed by atoms with E-state index >= 15 is 0 Å². The Balaban J connectivity index is 2.55. The van der Waals surface area contributed by atoms with Gasteiger partial charge in [0, 0.05) is 12.1 Å². The van der Waals surface area contributed by atoms with E-state index in [0.29, 0.717) is 12.1 Å². The largest absolute Gasteiger partial charge is 0.309 e. The van der Waals surface area contributed by atoms with Crippen LogP contribution in [0, 0.1) is 0 Å². The Kier molecular flexibility index (Phi) is 3.69. The van der Waals surface area contributed by atoms with Gasteiger partial charge in [-0.25, -0.2) is 0 Å². The topological polar surface area (TPSA) is 3.24 Å². The van der Waals surface area contributed by atoms with E-state index in [4.69, 9.17) is 22.2 Å². The van der Waals surface area contributed by atoms with E-state index in [9.17, 15) is 0 Å². The third-order valence-electron chi connectivity index (χ3n) is 2.49. The van der Waals surface area contributed by atoms with Crippen LogP contribution in [-0.2, 0) is 0 Å². The molecule has 2 unspecified atom stereocenters. The van der Waals surface area contributed by atoms with Crippen molar-refractivity contribution in [1.29, 1.82) is 0 Å². The molecule has 0 saturated carbocycles. The molecule has 1 heterocycles. The maximum absolute atomic E-state index is 5.98. The summed E-state index contributed by atoms with van der Waals surface area (Å²) in [7, 11) is -1.59. The maximum Gasteiger partial charge on any atom is 0.309 e. The van der Waals surface area contributed by atoms with Crippen molar-refractivity contribution in [2.75, 3.05) is 0 Å². The van der Waals surface area contributed by atoms with Gasteiger partial charge in [0.25, 0.3) is 0 Å². The summed E-state index contributed by atoms with van der Waals surface area (Å²) in [5.41, 5.74) is 0. The fourth-order valence-corrected chi connectivity index (χ4v) is 5.20. The molecule has 0 aromatic carbocycles. The first-order valence-corrected chi connectivity index (χ1v) is 8.19. The lowest BCUT2D eigenvalue weighted by Gasteiger charge is -2.39. The fourth-order valence-electron chi connectivity index (χ4n) is 1.83. The second-order valence-electron chi connectivity index (χ2n) is 3.35. The molecule has 1 fully saturated rings. The molecule has 11 heavy (non-hydrogen) atoms. The molecule has 0 aromatic heterocycles. The van der Waals surface area contributed by atoms with Crippen LogP contribution in [0.4, 0.5) is 0 Å². The number of hydrogen-bond donors (Lipinski definition) is 0. The Hall–Kier alpha value is 0.757. The molecule has 1 nitrogen and oxygen atoms in total. The fraction of sp³-hybridized carbons (Fsp3) is 1.00. The van der Waals surface area contributed by atoms with Gasteiger partial charge in [0.05, 0.1) is 0 Å². The monoisotopic (exact) mass is 211 g/mol. The van der Waals surface area contributed by atoms with Gasteiger partial charge in [-0.3, -0.25) is 4.57 Å². The zero-order valence-corrected chi connectivity index (χ0v) is 9.72. The van der Waals surface area contributed by atoms with Crippen molar-refractivity contribution in [3.8, 4) is 0 Å². The molecule has 0 N–H and O–H groups in total. The minimum atomic E-state index is -1.59. The molecule has 1 aliphatic heterocycles. The molecule has 66 valence electrons. The van der Waals surface area contributed by atoms with Crippen molar-refractivity contribution in [3.05, 3.63) is 0 Å². The molecular formula is C7H15Cl2NSi. The van der Waals surface area contributed by atoms with Crippen LogP contribution in [0.15, 0.2) is 0 Å². The molecule has 1 aliphatic rings. The highest BCUT2D eigenvalue weighted by Gasteiger charge is 2.29. The van der Waals surface area contributed by atoms with Crippen LogP contribution in [0.5, 0.6) is 0 Å². The summed E-state index contributed by atoms with van der Waals surface area (Å²) in [6.07, 6.45) is 3.84. The van der Waals surface area contributed by atoms with Gasteiger partial charge in [-0.05, 0) is 12.8 Å². The van der Waals surface area contributed by atoms with E-state index in [1.54, 1.807) is 0 Å². The summed E-state index contributed by atoms with van der Waals surface area (Å²) in [4.78, 5) is 0. The van der Waals surface area contributed by atoms with Gasteiger partial charge in [0.15, 0.2) is 0 Å². The van der Waals surface area contributed by atoms with E-state index in [1.807, 2.05) is 0 Å². The summed E-state index contributed by atoms with van der Waals surface area (Å²) < 4.78 is 2.31. The van der Waals surface area contributed by atoms with Gasteiger partial charge >= 0.3 is 7.58 Å². The Morgan fingerprint density at radius 3 is 1.91 bits per heavy atom. The van der Waals surface area contributed by atoms with E-state index in [-0.39, 0.29) is 0 Å². The Labute approximate surface area is 79.8 Å². The standard InChI is InChI=1S/C7H15Cl2NSi/c1-6-4-3-5-7(2)10(6)11(8)9/h6-7,11H,3-5H2,1-2H3. The van der Waals surface area contributed by atoms with E-state index in [2.05, 4.69) is 18.4 Å². The van der Waals surface area contributed by atoms with E-state index in [0.717, 1.165) is 0 Å². The molecular weight excluding hydrogens is 197 g/mol. The van der Waals surface area contributed by atoms with Gasteiger partial charge in [0.1, 0.15) is 0 Å². The number of nitrogens with zero attached hydrogens (tertiary/aromatic N) is 1. The lowest BCUT2D eigenvalue weighted by molar-refractivity contribution is 0.207. The quantitative estimate of drug-likeness (QED) is 0.476. The number of halogens is 2. The molecule has 0 amide bonds. The highest BCUT2D eigenvalue weighted by atomic mass is 35.7. The molecule has 0 radical (unpaired) electrons. The SMILES string of the molecule is CC1CCCC(C)N1[SiH](Cl)Cl. The molecule has 0 bridgehead atoms. The van der Waals surface area contributed by atoms with Gasteiger partial charge in [0.2, 0.25) is 0 Å². The number of piperidine rings is 1. The minimum absolute atomic E-state index is 0.602. The summed E-state index contributed by atoms with van der Waals surface area (Å²) in [5, 5.41) is 0. The molecule has 0 aromatic rings.